The smallest absolute Gasteiger partial charge is 0.240 e. The predicted octanol–water partition coefficient (Wildman–Crippen LogP) is 0.585. The van der Waals surface area contributed by atoms with Crippen LogP contribution >= 0.6 is 0 Å². The second-order valence-corrected chi connectivity index (χ2v) is 4.08. The molecule has 0 aromatic heterocycles. The monoisotopic (exact) mass is 194 g/mol. The number of carbonyl (C=O) groups excluding carboxylic acids is 1. The van der Waals surface area contributed by atoms with E-state index in [9.17, 15) is 4.79 Å². The zero-order chi connectivity index (χ0) is 10.0. The van der Waals surface area contributed by atoms with Crippen molar-refractivity contribution >= 4 is 5.91 Å². The molecule has 4 heteroatoms. The van der Waals surface area contributed by atoms with Crippen LogP contribution < -0.4 is 5.32 Å². The summed E-state index contributed by atoms with van der Waals surface area (Å²) < 4.78 is 5.16. The zero-order valence-electron chi connectivity index (χ0n) is 8.08. The lowest BCUT2D eigenvalue weighted by molar-refractivity contribution is -0.132. The maximum atomic E-state index is 11.7. The summed E-state index contributed by atoms with van der Waals surface area (Å²) in [4.78, 5) is 11.7. The highest BCUT2D eigenvalue weighted by Crippen LogP contribution is 2.40. The van der Waals surface area contributed by atoms with Gasteiger partial charge in [-0.15, -0.1) is 0 Å². The van der Waals surface area contributed by atoms with Crippen molar-refractivity contribution in [2.24, 2.45) is 5.41 Å². The van der Waals surface area contributed by atoms with Crippen molar-refractivity contribution in [2.75, 3.05) is 13.2 Å². The molecule has 0 aromatic rings. The molecule has 1 N–H and O–H groups in total. The van der Waals surface area contributed by atoms with Crippen LogP contribution in [0.3, 0.4) is 0 Å². The van der Waals surface area contributed by atoms with Crippen molar-refractivity contribution in [3.05, 3.63) is 0 Å². The Morgan fingerprint density at radius 1 is 1.57 bits per heavy atom. The van der Waals surface area contributed by atoms with Crippen LogP contribution in [0.4, 0.5) is 0 Å². The van der Waals surface area contributed by atoms with Crippen LogP contribution in [-0.4, -0.2) is 25.2 Å². The van der Waals surface area contributed by atoms with E-state index in [-0.39, 0.29) is 11.9 Å². The molecule has 14 heavy (non-hydrogen) atoms. The molecule has 1 aliphatic heterocycles. The highest BCUT2D eigenvalue weighted by atomic mass is 16.5. The molecule has 0 aromatic carbocycles. The Morgan fingerprint density at radius 3 is 2.79 bits per heavy atom. The van der Waals surface area contributed by atoms with Crippen LogP contribution in [0.25, 0.3) is 0 Å². The number of hydrogen-bond acceptors (Lipinski definition) is 3. The van der Waals surface area contributed by atoms with Gasteiger partial charge in [-0.2, -0.15) is 5.26 Å². The summed E-state index contributed by atoms with van der Waals surface area (Å²) in [5.41, 5.74) is -0.720. The number of nitrogens with zero attached hydrogens (tertiary/aromatic N) is 1. The maximum Gasteiger partial charge on any atom is 0.240 e. The lowest BCUT2D eigenvalue weighted by Crippen LogP contribution is -2.48. The van der Waals surface area contributed by atoms with Gasteiger partial charge < -0.3 is 10.1 Å². The van der Waals surface area contributed by atoms with Crippen LogP contribution in [0.15, 0.2) is 0 Å². The first-order valence-electron chi connectivity index (χ1n) is 5.07. The molecule has 2 aliphatic rings. The molecule has 1 atom stereocenters. The molecule has 4 nitrogen and oxygen atoms in total. The number of ether oxygens (including phenoxy) is 1. The SMILES string of the molecule is N#CC1(C(=O)NC2CCOC2)CCC1. The van der Waals surface area contributed by atoms with Crippen molar-refractivity contribution in [2.45, 2.75) is 31.7 Å². The summed E-state index contributed by atoms with van der Waals surface area (Å²) in [6, 6.07) is 2.25. The van der Waals surface area contributed by atoms with E-state index >= 15 is 0 Å². The molecule has 76 valence electrons. The summed E-state index contributed by atoms with van der Waals surface area (Å²) >= 11 is 0. The fraction of sp³-hybridized carbons (Fsp3) is 0.800. The Hall–Kier alpha value is -1.08. The van der Waals surface area contributed by atoms with Crippen molar-refractivity contribution < 1.29 is 9.53 Å². The topological polar surface area (TPSA) is 62.1 Å². The van der Waals surface area contributed by atoms with E-state index in [4.69, 9.17) is 10.00 Å². The van der Waals surface area contributed by atoms with Gasteiger partial charge in [0.2, 0.25) is 5.91 Å². The van der Waals surface area contributed by atoms with E-state index in [1.165, 1.54) is 0 Å². The van der Waals surface area contributed by atoms with Gasteiger partial charge in [-0.25, -0.2) is 0 Å². The molecule has 1 aliphatic carbocycles. The quantitative estimate of drug-likeness (QED) is 0.699. The van der Waals surface area contributed by atoms with E-state index in [0.29, 0.717) is 26.1 Å². The van der Waals surface area contributed by atoms with Crippen LogP contribution in [0.5, 0.6) is 0 Å². The Kier molecular flexibility index (Phi) is 2.42. The molecule has 1 unspecified atom stereocenters. The molecule has 1 saturated carbocycles. The highest BCUT2D eigenvalue weighted by molar-refractivity contribution is 5.86. The summed E-state index contributed by atoms with van der Waals surface area (Å²) in [5, 5.41) is 11.8. The van der Waals surface area contributed by atoms with Gasteiger partial charge >= 0.3 is 0 Å². The number of hydrogen-bond donors (Lipinski definition) is 1. The van der Waals surface area contributed by atoms with Gasteiger partial charge in [-0.3, -0.25) is 4.79 Å². The minimum absolute atomic E-state index is 0.0956. The van der Waals surface area contributed by atoms with E-state index in [0.717, 1.165) is 12.8 Å². The fourth-order valence-corrected chi connectivity index (χ4v) is 1.89. The van der Waals surface area contributed by atoms with Crippen molar-refractivity contribution in [1.29, 1.82) is 5.26 Å². The van der Waals surface area contributed by atoms with E-state index in [2.05, 4.69) is 11.4 Å². The van der Waals surface area contributed by atoms with Crippen LogP contribution in [0, 0.1) is 16.7 Å². The van der Waals surface area contributed by atoms with Gasteiger partial charge in [-0.1, -0.05) is 0 Å². The third kappa shape index (κ3) is 1.48. The minimum Gasteiger partial charge on any atom is -0.379 e. The minimum atomic E-state index is -0.720. The Balaban J connectivity index is 1.91. The average molecular weight is 194 g/mol. The molecule has 1 heterocycles. The van der Waals surface area contributed by atoms with Gasteiger partial charge in [0.25, 0.3) is 0 Å². The third-order valence-electron chi connectivity index (χ3n) is 3.12. The van der Waals surface area contributed by atoms with E-state index in [1.807, 2.05) is 0 Å². The average Bonchev–Trinajstić information content (AvgIpc) is 2.55. The number of nitriles is 1. The lowest BCUT2D eigenvalue weighted by Gasteiger charge is -2.34. The van der Waals surface area contributed by atoms with Gasteiger partial charge in [0, 0.05) is 6.61 Å². The lowest BCUT2D eigenvalue weighted by atomic mass is 9.69. The third-order valence-corrected chi connectivity index (χ3v) is 3.12. The molecule has 2 fully saturated rings. The van der Waals surface area contributed by atoms with E-state index in [1.54, 1.807) is 0 Å². The predicted molar refractivity (Wildman–Crippen MR) is 49.3 cm³/mol. The molecule has 0 radical (unpaired) electrons. The Bertz CT molecular complexity index is 272. The van der Waals surface area contributed by atoms with Gasteiger partial charge in [0.15, 0.2) is 0 Å². The van der Waals surface area contributed by atoms with Crippen molar-refractivity contribution in [3.8, 4) is 6.07 Å². The van der Waals surface area contributed by atoms with Gasteiger partial charge in [-0.05, 0) is 25.7 Å². The summed E-state index contributed by atoms with van der Waals surface area (Å²) in [5.74, 6) is -0.0956. The van der Waals surface area contributed by atoms with Crippen LogP contribution in [-0.2, 0) is 9.53 Å². The maximum absolute atomic E-state index is 11.7. The first-order valence-corrected chi connectivity index (χ1v) is 5.07. The van der Waals surface area contributed by atoms with Crippen LogP contribution in [0.1, 0.15) is 25.7 Å². The second kappa shape index (κ2) is 3.58. The van der Waals surface area contributed by atoms with E-state index < -0.39 is 5.41 Å². The first-order chi connectivity index (χ1) is 6.77. The number of carbonyl (C=O) groups is 1. The highest BCUT2D eigenvalue weighted by Gasteiger charge is 2.45. The molecule has 1 amide bonds. The van der Waals surface area contributed by atoms with Crippen LogP contribution in [0.2, 0.25) is 0 Å². The first kappa shape index (κ1) is 9.47. The number of nitrogens with one attached hydrogen (secondary N) is 1. The van der Waals surface area contributed by atoms with Gasteiger partial charge in [0.05, 0.1) is 18.7 Å². The molecule has 0 spiro atoms. The van der Waals surface area contributed by atoms with Gasteiger partial charge in [0.1, 0.15) is 5.41 Å². The number of amides is 1. The molecular formula is C10H14N2O2. The summed E-state index contributed by atoms with van der Waals surface area (Å²) in [6.07, 6.45) is 3.28. The fourth-order valence-electron chi connectivity index (χ4n) is 1.89. The normalized spacial score (nSPS) is 28.9. The molecule has 0 bridgehead atoms. The standard InChI is InChI=1S/C10H14N2O2/c11-7-10(3-1-4-10)9(13)12-8-2-5-14-6-8/h8H,1-6H2,(H,12,13). The molecular weight excluding hydrogens is 180 g/mol. The largest absolute Gasteiger partial charge is 0.379 e. The van der Waals surface area contributed by atoms with Crippen molar-refractivity contribution in [3.63, 3.8) is 0 Å². The molecule has 2 rings (SSSR count). The van der Waals surface area contributed by atoms with Crippen molar-refractivity contribution in [1.82, 2.24) is 5.32 Å². The molecule has 1 saturated heterocycles. The summed E-state index contributed by atoms with van der Waals surface area (Å²) in [6.45, 7) is 1.30. The number of rotatable bonds is 2. The Morgan fingerprint density at radius 2 is 2.36 bits per heavy atom. The zero-order valence-corrected chi connectivity index (χ0v) is 8.08. The second-order valence-electron chi connectivity index (χ2n) is 4.08. The summed E-state index contributed by atoms with van der Waals surface area (Å²) in [7, 11) is 0. The Labute approximate surface area is 83.2 Å².